The van der Waals surface area contributed by atoms with Crippen molar-refractivity contribution in [1.29, 1.82) is 0 Å². The van der Waals surface area contributed by atoms with Gasteiger partial charge in [0.25, 0.3) is 0 Å². The number of aromatic carboxylic acids is 1. The Morgan fingerprint density at radius 1 is 0.897 bits per heavy atom. The highest BCUT2D eigenvalue weighted by Crippen LogP contribution is 2.29. The van der Waals surface area contributed by atoms with Crippen molar-refractivity contribution in [1.82, 2.24) is 4.98 Å². The summed E-state index contributed by atoms with van der Waals surface area (Å²) in [6.45, 7) is 2.78. The second-order valence-corrected chi connectivity index (χ2v) is 6.83. The number of nitrogens with zero attached hydrogens (tertiary/aromatic N) is 1. The molecule has 0 fully saturated rings. The second kappa shape index (κ2) is 8.15. The molecule has 0 aliphatic heterocycles. The van der Waals surface area contributed by atoms with Crippen molar-refractivity contribution in [3.8, 4) is 28.1 Å². The smallest absolute Gasteiger partial charge is 0.336 e. The maximum absolute atomic E-state index is 11.8. The molecule has 4 rings (SSSR count). The average Bonchev–Trinajstić information content (AvgIpc) is 2.77. The zero-order chi connectivity index (χ0) is 20.2. The molecule has 29 heavy (non-hydrogen) atoms. The first-order valence-corrected chi connectivity index (χ1v) is 9.62. The molecule has 1 N–H and O–H groups in total. The van der Waals surface area contributed by atoms with Gasteiger partial charge in [0.05, 0.1) is 23.4 Å². The van der Waals surface area contributed by atoms with Gasteiger partial charge in [-0.05, 0) is 47.9 Å². The summed E-state index contributed by atoms with van der Waals surface area (Å²) in [5, 5.41) is 10.3. The number of benzene rings is 3. The topological polar surface area (TPSA) is 59.4 Å². The maximum Gasteiger partial charge on any atom is 0.336 e. The predicted molar refractivity (Wildman–Crippen MR) is 115 cm³/mol. The van der Waals surface area contributed by atoms with Gasteiger partial charge in [-0.3, -0.25) is 0 Å². The fraction of sp³-hybridized carbons (Fsp3) is 0.120. The van der Waals surface area contributed by atoms with Crippen LogP contribution in [-0.4, -0.2) is 22.7 Å². The van der Waals surface area contributed by atoms with E-state index in [0.29, 0.717) is 23.2 Å². The Hall–Kier alpha value is -3.66. The predicted octanol–water partition coefficient (Wildman–Crippen LogP) is 6.06. The number of hydrogen-bond acceptors (Lipinski definition) is 3. The SMILES string of the molecule is CCCOc1ccc(-c2cccc(-c3cc(C(=O)O)c4ccccc4n3)c2)cc1. The van der Waals surface area contributed by atoms with Gasteiger partial charge in [0.15, 0.2) is 0 Å². The molecule has 0 aliphatic carbocycles. The first-order valence-electron chi connectivity index (χ1n) is 9.62. The molecule has 4 nitrogen and oxygen atoms in total. The summed E-state index contributed by atoms with van der Waals surface area (Å²) in [5.41, 5.74) is 4.55. The van der Waals surface area contributed by atoms with Crippen molar-refractivity contribution in [3.63, 3.8) is 0 Å². The van der Waals surface area contributed by atoms with Gasteiger partial charge >= 0.3 is 5.97 Å². The van der Waals surface area contributed by atoms with E-state index >= 15 is 0 Å². The van der Waals surface area contributed by atoms with Crippen molar-refractivity contribution in [2.75, 3.05) is 6.61 Å². The van der Waals surface area contributed by atoms with Crippen LogP contribution in [0.5, 0.6) is 5.75 Å². The van der Waals surface area contributed by atoms with Crippen LogP contribution in [0, 0.1) is 0 Å². The highest BCUT2D eigenvalue weighted by atomic mass is 16.5. The van der Waals surface area contributed by atoms with E-state index in [0.717, 1.165) is 28.9 Å². The van der Waals surface area contributed by atoms with Crippen molar-refractivity contribution in [2.24, 2.45) is 0 Å². The molecule has 3 aromatic carbocycles. The summed E-state index contributed by atoms with van der Waals surface area (Å²) in [7, 11) is 0. The lowest BCUT2D eigenvalue weighted by Crippen LogP contribution is -2.00. The number of aromatic nitrogens is 1. The number of para-hydroxylation sites is 1. The lowest BCUT2D eigenvalue weighted by atomic mass is 9.99. The molecule has 0 bridgehead atoms. The molecule has 0 radical (unpaired) electrons. The minimum atomic E-state index is -0.955. The van der Waals surface area contributed by atoms with Crippen molar-refractivity contribution in [2.45, 2.75) is 13.3 Å². The number of rotatable bonds is 6. The van der Waals surface area contributed by atoms with Crippen LogP contribution in [0.15, 0.2) is 78.9 Å². The van der Waals surface area contributed by atoms with E-state index in [1.807, 2.05) is 66.7 Å². The molecule has 0 spiro atoms. The molecule has 1 aromatic heterocycles. The highest BCUT2D eigenvalue weighted by molar-refractivity contribution is 6.03. The lowest BCUT2D eigenvalue weighted by molar-refractivity contribution is 0.0699. The van der Waals surface area contributed by atoms with Crippen molar-refractivity contribution < 1.29 is 14.6 Å². The third kappa shape index (κ3) is 3.97. The minimum absolute atomic E-state index is 0.258. The molecule has 144 valence electrons. The van der Waals surface area contributed by atoms with Crippen LogP contribution < -0.4 is 4.74 Å². The number of ether oxygens (including phenoxy) is 1. The molecule has 0 aliphatic rings. The number of carboxylic acids is 1. The molecular formula is C25H21NO3. The van der Waals surface area contributed by atoms with Gasteiger partial charge in [-0.15, -0.1) is 0 Å². The standard InChI is InChI=1S/C25H21NO3/c1-2-14-29-20-12-10-17(11-13-20)18-6-5-7-19(15-18)24-16-22(25(27)28)21-8-3-4-9-23(21)26-24/h3-13,15-16H,2,14H2,1H3,(H,27,28). The minimum Gasteiger partial charge on any atom is -0.494 e. The Morgan fingerprint density at radius 2 is 1.66 bits per heavy atom. The number of fused-ring (bicyclic) bond motifs is 1. The van der Waals surface area contributed by atoms with Gasteiger partial charge in [-0.2, -0.15) is 0 Å². The maximum atomic E-state index is 11.8. The normalized spacial score (nSPS) is 10.8. The van der Waals surface area contributed by atoms with Crippen LogP contribution in [0.4, 0.5) is 0 Å². The summed E-state index contributed by atoms with van der Waals surface area (Å²) in [6, 6.07) is 24.9. The largest absolute Gasteiger partial charge is 0.494 e. The van der Waals surface area contributed by atoms with Crippen LogP contribution in [0.25, 0.3) is 33.3 Å². The molecule has 0 saturated heterocycles. The zero-order valence-corrected chi connectivity index (χ0v) is 16.1. The van der Waals surface area contributed by atoms with Crippen molar-refractivity contribution >= 4 is 16.9 Å². The van der Waals surface area contributed by atoms with Crippen LogP contribution in [-0.2, 0) is 0 Å². The molecule has 1 heterocycles. The Labute approximate surface area is 169 Å². The molecule has 0 unspecified atom stereocenters. The Morgan fingerprint density at radius 3 is 2.41 bits per heavy atom. The summed E-state index contributed by atoms with van der Waals surface area (Å²) in [6.07, 6.45) is 0.973. The second-order valence-electron chi connectivity index (χ2n) is 6.83. The number of carboxylic acid groups (broad SMARTS) is 1. The monoisotopic (exact) mass is 383 g/mol. The molecular weight excluding hydrogens is 362 g/mol. The molecule has 0 saturated carbocycles. The average molecular weight is 383 g/mol. The first kappa shape index (κ1) is 18.7. The number of carbonyl (C=O) groups is 1. The highest BCUT2D eigenvalue weighted by Gasteiger charge is 2.13. The van der Waals surface area contributed by atoms with Crippen LogP contribution in [0.1, 0.15) is 23.7 Å². The summed E-state index contributed by atoms with van der Waals surface area (Å²) >= 11 is 0. The third-order valence-corrected chi connectivity index (χ3v) is 4.77. The fourth-order valence-electron chi connectivity index (χ4n) is 3.32. The summed E-state index contributed by atoms with van der Waals surface area (Å²) in [5.74, 6) is -0.0993. The molecule has 4 heteroatoms. The molecule has 0 atom stereocenters. The first-order chi connectivity index (χ1) is 14.2. The zero-order valence-electron chi connectivity index (χ0n) is 16.1. The van der Waals surface area contributed by atoms with Gasteiger partial charge in [-0.1, -0.05) is 55.5 Å². The lowest BCUT2D eigenvalue weighted by Gasteiger charge is -2.10. The molecule has 0 amide bonds. The van der Waals surface area contributed by atoms with Gasteiger partial charge < -0.3 is 9.84 Å². The number of pyridine rings is 1. The molecule has 4 aromatic rings. The van der Waals surface area contributed by atoms with Crippen LogP contribution >= 0.6 is 0 Å². The van der Waals surface area contributed by atoms with E-state index in [4.69, 9.17) is 4.74 Å². The van der Waals surface area contributed by atoms with Gasteiger partial charge in [0, 0.05) is 10.9 Å². The fourth-order valence-corrected chi connectivity index (χ4v) is 3.32. The Kier molecular flexibility index (Phi) is 5.25. The van der Waals surface area contributed by atoms with E-state index < -0.39 is 5.97 Å². The van der Waals surface area contributed by atoms with E-state index in [9.17, 15) is 9.90 Å². The Bertz CT molecular complexity index is 1170. The van der Waals surface area contributed by atoms with E-state index in [1.54, 1.807) is 12.1 Å². The number of hydrogen-bond donors (Lipinski definition) is 1. The van der Waals surface area contributed by atoms with Crippen LogP contribution in [0.3, 0.4) is 0 Å². The van der Waals surface area contributed by atoms with Gasteiger partial charge in [0.2, 0.25) is 0 Å². The summed E-state index contributed by atoms with van der Waals surface area (Å²) in [4.78, 5) is 16.4. The quantitative estimate of drug-likeness (QED) is 0.440. The van der Waals surface area contributed by atoms with E-state index in [-0.39, 0.29) is 5.56 Å². The van der Waals surface area contributed by atoms with Gasteiger partial charge in [0.1, 0.15) is 5.75 Å². The third-order valence-electron chi connectivity index (χ3n) is 4.77. The Balaban J connectivity index is 1.73. The van der Waals surface area contributed by atoms with Crippen molar-refractivity contribution in [3.05, 3.63) is 84.4 Å². The van der Waals surface area contributed by atoms with E-state index in [2.05, 4.69) is 11.9 Å². The van der Waals surface area contributed by atoms with Crippen LogP contribution in [0.2, 0.25) is 0 Å². The summed E-state index contributed by atoms with van der Waals surface area (Å²) < 4.78 is 5.65. The van der Waals surface area contributed by atoms with E-state index in [1.165, 1.54) is 0 Å². The van der Waals surface area contributed by atoms with Gasteiger partial charge in [-0.25, -0.2) is 9.78 Å².